The van der Waals surface area contributed by atoms with Crippen LogP contribution in [0.25, 0.3) is 11.0 Å². The zero-order valence-corrected chi connectivity index (χ0v) is 10.4. The average molecular weight is 216 g/mol. The topological polar surface area (TPSA) is 13.1 Å². The molecule has 0 spiro atoms. The summed E-state index contributed by atoms with van der Waals surface area (Å²) in [6.45, 7) is 6.85. The highest BCUT2D eigenvalue weighted by atomic mass is 16.3. The minimum Gasteiger partial charge on any atom is -0.464 e. The van der Waals surface area contributed by atoms with Gasteiger partial charge in [0.15, 0.2) is 0 Å². The number of para-hydroxylation sites is 1. The van der Waals surface area contributed by atoms with Gasteiger partial charge in [-0.3, -0.25) is 0 Å². The number of unbranched alkanes of at least 4 members (excludes halogenated alkanes) is 1. The lowest BCUT2D eigenvalue weighted by Gasteiger charge is -2.25. The van der Waals surface area contributed by atoms with Crippen molar-refractivity contribution in [2.75, 3.05) is 0 Å². The Morgan fingerprint density at radius 1 is 1.19 bits per heavy atom. The van der Waals surface area contributed by atoms with Gasteiger partial charge in [0.25, 0.3) is 0 Å². The molecule has 1 heteroatoms. The summed E-state index contributed by atoms with van der Waals surface area (Å²) in [7, 11) is 0. The molecular formula is C15H20O. The SMILES string of the molecule is CCCCC(C)(C)c1cccc2ccoc12. The van der Waals surface area contributed by atoms with Crippen molar-refractivity contribution in [1.82, 2.24) is 0 Å². The van der Waals surface area contributed by atoms with Crippen LogP contribution in [0.15, 0.2) is 34.9 Å². The highest BCUT2D eigenvalue weighted by molar-refractivity contribution is 5.81. The Kier molecular flexibility index (Phi) is 3.04. The van der Waals surface area contributed by atoms with E-state index in [0.29, 0.717) is 0 Å². The van der Waals surface area contributed by atoms with E-state index in [2.05, 4.69) is 39.0 Å². The van der Waals surface area contributed by atoms with E-state index in [1.165, 1.54) is 30.2 Å². The number of rotatable bonds is 4. The van der Waals surface area contributed by atoms with E-state index in [9.17, 15) is 0 Å². The smallest absolute Gasteiger partial charge is 0.137 e. The number of hydrogen-bond acceptors (Lipinski definition) is 1. The van der Waals surface area contributed by atoms with Crippen LogP contribution >= 0.6 is 0 Å². The molecule has 0 saturated carbocycles. The van der Waals surface area contributed by atoms with Crippen molar-refractivity contribution in [2.45, 2.75) is 45.4 Å². The maximum Gasteiger partial charge on any atom is 0.137 e. The maximum absolute atomic E-state index is 5.62. The molecule has 0 radical (unpaired) electrons. The molecule has 0 bridgehead atoms. The first kappa shape index (κ1) is 11.3. The summed E-state index contributed by atoms with van der Waals surface area (Å²) in [4.78, 5) is 0. The van der Waals surface area contributed by atoms with Gasteiger partial charge in [0.05, 0.1) is 6.26 Å². The fraction of sp³-hybridized carbons (Fsp3) is 0.467. The van der Waals surface area contributed by atoms with E-state index in [4.69, 9.17) is 4.42 Å². The van der Waals surface area contributed by atoms with E-state index in [1.54, 1.807) is 6.26 Å². The van der Waals surface area contributed by atoms with Gasteiger partial charge in [-0.1, -0.05) is 51.8 Å². The molecule has 0 unspecified atom stereocenters. The summed E-state index contributed by atoms with van der Waals surface area (Å²) in [6, 6.07) is 8.47. The highest BCUT2D eigenvalue weighted by Crippen LogP contribution is 2.34. The maximum atomic E-state index is 5.62. The molecule has 1 aromatic carbocycles. The average Bonchev–Trinajstić information content (AvgIpc) is 2.73. The third kappa shape index (κ3) is 1.99. The van der Waals surface area contributed by atoms with E-state index in [0.717, 1.165) is 5.58 Å². The van der Waals surface area contributed by atoms with Gasteiger partial charge in [-0.05, 0) is 17.9 Å². The Labute approximate surface area is 97.5 Å². The minimum atomic E-state index is 0.202. The second-order valence-corrected chi connectivity index (χ2v) is 5.13. The molecule has 1 heterocycles. The van der Waals surface area contributed by atoms with Crippen LogP contribution < -0.4 is 0 Å². The molecule has 0 saturated heterocycles. The van der Waals surface area contributed by atoms with Gasteiger partial charge in [-0.25, -0.2) is 0 Å². The third-order valence-corrected chi connectivity index (χ3v) is 3.36. The predicted octanol–water partition coefficient (Wildman–Crippen LogP) is 4.90. The second kappa shape index (κ2) is 4.32. The first-order valence-electron chi connectivity index (χ1n) is 6.12. The molecule has 1 nitrogen and oxygen atoms in total. The van der Waals surface area contributed by atoms with E-state index in [1.807, 2.05) is 6.07 Å². The monoisotopic (exact) mass is 216 g/mol. The van der Waals surface area contributed by atoms with E-state index < -0.39 is 0 Å². The quantitative estimate of drug-likeness (QED) is 0.708. The lowest BCUT2D eigenvalue weighted by molar-refractivity contribution is 0.453. The van der Waals surface area contributed by atoms with Crippen molar-refractivity contribution in [3.05, 3.63) is 36.1 Å². The second-order valence-electron chi connectivity index (χ2n) is 5.13. The summed E-state index contributed by atoms with van der Waals surface area (Å²) in [5, 5.41) is 1.21. The molecule has 0 aliphatic heterocycles. The third-order valence-electron chi connectivity index (χ3n) is 3.36. The lowest BCUT2D eigenvalue weighted by atomic mass is 9.79. The van der Waals surface area contributed by atoms with Crippen LogP contribution in [0.5, 0.6) is 0 Å². The Bertz CT molecular complexity index is 465. The van der Waals surface area contributed by atoms with Gasteiger partial charge in [-0.2, -0.15) is 0 Å². The molecule has 86 valence electrons. The van der Waals surface area contributed by atoms with E-state index >= 15 is 0 Å². The molecule has 0 amide bonds. The lowest BCUT2D eigenvalue weighted by Crippen LogP contribution is -2.17. The van der Waals surface area contributed by atoms with Crippen LogP contribution in [0.2, 0.25) is 0 Å². The van der Waals surface area contributed by atoms with Crippen LogP contribution in [0.3, 0.4) is 0 Å². The van der Waals surface area contributed by atoms with Crippen molar-refractivity contribution in [2.24, 2.45) is 0 Å². The van der Waals surface area contributed by atoms with E-state index in [-0.39, 0.29) is 5.41 Å². The Balaban J connectivity index is 2.41. The first-order valence-corrected chi connectivity index (χ1v) is 6.12. The summed E-state index contributed by atoms with van der Waals surface area (Å²) >= 11 is 0. The molecule has 1 aromatic heterocycles. The fourth-order valence-electron chi connectivity index (χ4n) is 2.28. The largest absolute Gasteiger partial charge is 0.464 e. The molecule has 0 fully saturated rings. The minimum absolute atomic E-state index is 0.202. The van der Waals surface area contributed by atoms with Gasteiger partial charge in [0.2, 0.25) is 0 Å². The van der Waals surface area contributed by atoms with Crippen molar-refractivity contribution in [1.29, 1.82) is 0 Å². The van der Waals surface area contributed by atoms with Crippen LogP contribution in [0.4, 0.5) is 0 Å². The molecule has 2 aromatic rings. The summed E-state index contributed by atoms with van der Waals surface area (Å²) < 4.78 is 5.62. The molecule has 16 heavy (non-hydrogen) atoms. The Hall–Kier alpha value is -1.24. The highest BCUT2D eigenvalue weighted by Gasteiger charge is 2.23. The molecule has 0 aliphatic carbocycles. The van der Waals surface area contributed by atoms with Crippen LogP contribution in [0, 0.1) is 0 Å². The zero-order valence-electron chi connectivity index (χ0n) is 10.4. The summed E-state index contributed by atoms with van der Waals surface area (Å²) in [5.41, 5.74) is 2.60. The van der Waals surface area contributed by atoms with Crippen molar-refractivity contribution < 1.29 is 4.42 Å². The van der Waals surface area contributed by atoms with Gasteiger partial charge >= 0.3 is 0 Å². The van der Waals surface area contributed by atoms with Crippen molar-refractivity contribution >= 4 is 11.0 Å². The molecular weight excluding hydrogens is 196 g/mol. The number of benzene rings is 1. The summed E-state index contributed by atoms with van der Waals surface area (Å²) in [6.07, 6.45) is 5.51. The molecule has 0 aliphatic rings. The Morgan fingerprint density at radius 3 is 2.75 bits per heavy atom. The molecule has 0 atom stereocenters. The first-order chi connectivity index (χ1) is 7.65. The van der Waals surface area contributed by atoms with Gasteiger partial charge < -0.3 is 4.42 Å². The normalized spacial score (nSPS) is 12.2. The Morgan fingerprint density at radius 2 is 2.00 bits per heavy atom. The molecule has 2 rings (SSSR count). The van der Waals surface area contributed by atoms with Gasteiger partial charge in [0, 0.05) is 10.9 Å². The fourth-order valence-corrected chi connectivity index (χ4v) is 2.28. The van der Waals surface area contributed by atoms with Crippen molar-refractivity contribution in [3.63, 3.8) is 0 Å². The standard InChI is InChI=1S/C15H20O/c1-4-5-10-15(2,3)13-8-6-7-12-9-11-16-14(12)13/h6-9,11H,4-5,10H2,1-3H3. The van der Waals surface area contributed by atoms with Gasteiger partial charge in [-0.15, -0.1) is 0 Å². The van der Waals surface area contributed by atoms with Crippen LogP contribution in [0.1, 0.15) is 45.6 Å². The number of hydrogen-bond donors (Lipinski definition) is 0. The number of fused-ring (bicyclic) bond motifs is 1. The van der Waals surface area contributed by atoms with Crippen LogP contribution in [-0.2, 0) is 5.41 Å². The summed E-state index contributed by atoms with van der Waals surface area (Å²) in [5.74, 6) is 0. The van der Waals surface area contributed by atoms with Gasteiger partial charge in [0.1, 0.15) is 5.58 Å². The molecule has 0 N–H and O–H groups in total. The van der Waals surface area contributed by atoms with Crippen LogP contribution in [-0.4, -0.2) is 0 Å². The predicted molar refractivity (Wildman–Crippen MR) is 68.8 cm³/mol. The zero-order chi connectivity index (χ0) is 11.6. The van der Waals surface area contributed by atoms with Crippen molar-refractivity contribution in [3.8, 4) is 0 Å². The number of furan rings is 1.